The van der Waals surface area contributed by atoms with Gasteiger partial charge in [-0.2, -0.15) is 0 Å². The molecule has 0 saturated heterocycles. The quantitative estimate of drug-likeness (QED) is 0.655. The summed E-state index contributed by atoms with van der Waals surface area (Å²) in [6.07, 6.45) is 3.03. The van der Waals surface area contributed by atoms with E-state index in [9.17, 15) is 4.79 Å². The Bertz CT molecular complexity index is 1160. The SMILES string of the molecule is COc1cc(OC)c2c(=O)cc(-c3cccc(C)c3)oc2c1C1=CCN(C)CC1. The van der Waals surface area contributed by atoms with Gasteiger partial charge in [-0.25, -0.2) is 0 Å². The van der Waals surface area contributed by atoms with Gasteiger partial charge < -0.3 is 18.8 Å². The molecule has 29 heavy (non-hydrogen) atoms. The van der Waals surface area contributed by atoms with Crippen molar-refractivity contribution in [2.75, 3.05) is 34.4 Å². The summed E-state index contributed by atoms with van der Waals surface area (Å²) < 4.78 is 17.6. The fourth-order valence-electron chi connectivity index (χ4n) is 3.84. The summed E-state index contributed by atoms with van der Waals surface area (Å²) in [5, 5.41) is 0.444. The van der Waals surface area contributed by atoms with Gasteiger partial charge in [0.15, 0.2) is 11.0 Å². The van der Waals surface area contributed by atoms with E-state index in [0.29, 0.717) is 28.2 Å². The topological polar surface area (TPSA) is 51.9 Å². The number of nitrogens with zero attached hydrogens (tertiary/aromatic N) is 1. The monoisotopic (exact) mass is 391 g/mol. The van der Waals surface area contributed by atoms with Crippen molar-refractivity contribution < 1.29 is 13.9 Å². The van der Waals surface area contributed by atoms with E-state index in [0.717, 1.165) is 41.8 Å². The normalized spacial score (nSPS) is 14.7. The highest BCUT2D eigenvalue weighted by atomic mass is 16.5. The fourth-order valence-corrected chi connectivity index (χ4v) is 3.84. The molecule has 1 aromatic heterocycles. The molecule has 0 atom stereocenters. The molecule has 0 bridgehead atoms. The van der Waals surface area contributed by atoms with Gasteiger partial charge in [0.25, 0.3) is 0 Å². The van der Waals surface area contributed by atoms with Crippen LogP contribution in [0.5, 0.6) is 11.5 Å². The first-order valence-corrected chi connectivity index (χ1v) is 9.69. The predicted molar refractivity (Wildman–Crippen MR) is 116 cm³/mol. The highest BCUT2D eigenvalue weighted by Gasteiger charge is 2.23. The number of fused-ring (bicyclic) bond motifs is 1. The van der Waals surface area contributed by atoms with Crippen LogP contribution in [0.3, 0.4) is 0 Å². The Morgan fingerprint density at radius 2 is 1.86 bits per heavy atom. The van der Waals surface area contributed by atoms with Gasteiger partial charge in [-0.15, -0.1) is 0 Å². The average molecular weight is 391 g/mol. The molecule has 0 fully saturated rings. The van der Waals surface area contributed by atoms with E-state index in [1.54, 1.807) is 26.4 Å². The number of rotatable bonds is 4. The molecule has 2 aromatic carbocycles. The lowest BCUT2D eigenvalue weighted by Gasteiger charge is -2.24. The molecular formula is C24H25NO4. The lowest BCUT2D eigenvalue weighted by Crippen LogP contribution is -2.24. The second-order valence-corrected chi connectivity index (χ2v) is 7.45. The molecule has 0 saturated carbocycles. The molecular weight excluding hydrogens is 366 g/mol. The van der Waals surface area contributed by atoms with E-state index in [1.807, 2.05) is 31.2 Å². The molecule has 0 unspecified atom stereocenters. The molecule has 0 radical (unpaired) electrons. The van der Waals surface area contributed by atoms with Crippen LogP contribution in [0.2, 0.25) is 0 Å². The van der Waals surface area contributed by atoms with Crippen LogP contribution in [0.15, 0.2) is 51.7 Å². The number of hydrogen-bond acceptors (Lipinski definition) is 5. The van der Waals surface area contributed by atoms with Gasteiger partial charge in [-0.3, -0.25) is 4.79 Å². The number of methoxy groups -OCH3 is 2. The third-order valence-electron chi connectivity index (χ3n) is 5.41. The molecule has 5 heteroatoms. The number of likely N-dealkylation sites (N-methyl/N-ethyl adjacent to an activating group) is 1. The highest BCUT2D eigenvalue weighted by molar-refractivity contribution is 5.97. The Morgan fingerprint density at radius 1 is 1.07 bits per heavy atom. The Labute approximate surface area is 170 Å². The Kier molecular flexibility index (Phi) is 5.16. The maximum Gasteiger partial charge on any atom is 0.197 e. The molecule has 3 aromatic rings. The van der Waals surface area contributed by atoms with Crippen LogP contribution in [-0.2, 0) is 0 Å². The maximum atomic E-state index is 13.1. The van der Waals surface area contributed by atoms with Gasteiger partial charge in [-0.05, 0) is 32.0 Å². The molecule has 5 nitrogen and oxygen atoms in total. The number of ether oxygens (including phenoxy) is 2. The van der Waals surface area contributed by atoms with Crippen LogP contribution in [-0.4, -0.2) is 39.3 Å². The van der Waals surface area contributed by atoms with E-state index in [1.165, 1.54) is 0 Å². The smallest absolute Gasteiger partial charge is 0.197 e. The van der Waals surface area contributed by atoms with Crippen LogP contribution in [0.4, 0.5) is 0 Å². The molecule has 150 valence electrons. The number of hydrogen-bond donors (Lipinski definition) is 0. The van der Waals surface area contributed by atoms with E-state index < -0.39 is 0 Å². The van der Waals surface area contributed by atoms with Crippen molar-refractivity contribution in [1.29, 1.82) is 0 Å². The van der Waals surface area contributed by atoms with Crippen LogP contribution in [0.1, 0.15) is 17.5 Å². The largest absolute Gasteiger partial charge is 0.496 e. The predicted octanol–water partition coefficient (Wildman–Crippen LogP) is 4.50. The minimum atomic E-state index is -0.128. The van der Waals surface area contributed by atoms with Crippen molar-refractivity contribution in [1.82, 2.24) is 4.90 Å². The minimum absolute atomic E-state index is 0.128. The molecule has 1 aliphatic rings. The number of benzene rings is 2. The highest BCUT2D eigenvalue weighted by Crippen LogP contribution is 2.41. The standard InChI is InChI=1S/C24H25NO4/c1-15-6-5-7-17(12-15)19-13-18(26)23-21(28-4)14-20(27-3)22(24(23)29-19)16-8-10-25(2)11-9-16/h5-8,12-14H,9-11H2,1-4H3. The van der Waals surface area contributed by atoms with Gasteiger partial charge in [0, 0.05) is 30.8 Å². The lowest BCUT2D eigenvalue weighted by atomic mass is 9.95. The van der Waals surface area contributed by atoms with Crippen molar-refractivity contribution in [2.24, 2.45) is 0 Å². The van der Waals surface area contributed by atoms with Crippen molar-refractivity contribution >= 4 is 16.5 Å². The summed E-state index contributed by atoms with van der Waals surface area (Å²) in [4.78, 5) is 15.4. The first-order chi connectivity index (χ1) is 14.0. The number of aryl methyl sites for hydroxylation is 1. The van der Waals surface area contributed by atoms with E-state index >= 15 is 0 Å². The fraction of sp³-hybridized carbons (Fsp3) is 0.292. The van der Waals surface area contributed by atoms with Crippen LogP contribution < -0.4 is 14.9 Å². The van der Waals surface area contributed by atoms with E-state index in [-0.39, 0.29) is 5.43 Å². The second kappa shape index (κ2) is 7.76. The summed E-state index contributed by atoms with van der Waals surface area (Å²) in [6, 6.07) is 11.3. The lowest BCUT2D eigenvalue weighted by molar-refractivity contribution is 0.368. The van der Waals surface area contributed by atoms with Gasteiger partial charge in [0.05, 0.1) is 19.8 Å². The Hall–Kier alpha value is -3.05. The average Bonchev–Trinajstić information content (AvgIpc) is 2.73. The summed E-state index contributed by atoms with van der Waals surface area (Å²) in [5.74, 6) is 1.64. The van der Waals surface area contributed by atoms with Gasteiger partial charge in [0.1, 0.15) is 22.6 Å². The molecule has 0 aliphatic carbocycles. The van der Waals surface area contributed by atoms with Gasteiger partial charge >= 0.3 is 0 Å². The zero-order valence-electron chi connectivity index (χ0n) is 17.2. The molecule has 4 rings (SSSR count). The maximum absolute atomic E-state index is 13.1. The van der Waals surface area contributed by atoms with Crippen molar-refractivity contribution in [3.8, 4) is 22.8 Å². The van der Waals surface area contributed by atoms with Crippen molar-refractivity contribution in [2.45, 2.75) is 13.3 Å². The minimum Gasteiger partial charge on any atom is -0.496 e. The van der Waals surface area contributed by atoms with Crippen LogP contribution >= 0.6 is 0 Å². The Morgan fingerprint density at radius 3 is 2.52 bits per heavy atom. The molecule has 1 aliphatic heterocycles. The van der Waals surface area contributed by atoms with Crippen LogP contribution in [0.25, 0.3) is 27.9 Å². The first-order valence-electron chi connectivity index (χ1n) is 9.69. The second-order valence-electron chi connectivity index (χ2n) is 7.45. The third kappa shape index (κ3) is 3.54. The zero-order chi connectivity index (χ0) is 20.5. The van der Waals surface area contributed by atoms with Crippen molar-refractivity contribution in [3.63, 3.8) is 0 Å². The molecule has 0 amide bonds. The summed E-state index contributed by atoms with van der Waals surface area (Å²) in [7, 11) is 5.27. The Balaban J connectivity index is 2.05. The summed E-state index contributed by atoms with van der Waals surface area (Å²) in [5.41, 5.74) is 4.32. The van der Waals surface area contributed by atoms with Crippen molar-refractivity contribution in [3.05, 3.63) is 63.8 Å². The summed E-state index contributed by atoms with van der Waals surface area (Å²) in [6.45, 7) is 3.79. The van der Waals surface area contributed by atoms with Gasteiger partial charge in [0.2, 0.25) is 0 Å². The van der Waals surface area contributed by atoms with Gasteiger partial charge in [-0.1, -0.05) is 29.8 Å². The van der Waals surface area contributed by atoms with E-state index in [2.05, 4.69) is 18.0 Å². The molecule has 2 heterocycles. The molecule has 0 spiro atoms. The first kappa shape index (κ1) is 19.3. The zero-order valence-corrected chi connectivity index (χ0v) is 17.2. The summed E-state index contributed by atoms with van der Waals surface area (Å²) >= 11 is 0. The third-order valence-corrected chi connectivity index (χ3v) is 5.41. The van der Waals surface area contributed by atoms with Crippen LogP contribution in [0, 0.1) is 6.92 Å². The molecule has 0 N–H and O–H groups in total. The van der Waals surface area contributed by atoms with E-state index in [4.69, 9.17) is 13.9 Å².